The fourth-order valence-electron chi connectivity index (χ4n) is 1.99. The molecule has 0 fully saturated rings. The van der Waals surface area contributed by atoms with Gasteiger partial charge in [0.25, 0.3) is 10.0 Å². The molecular weight excluding hydrogens is 336 g/mol. The lowest BCUT2D eigenvalue weighted by atomic mass is 10.2. The highest BCUT2D eigenvalue weighted by atomic mass is 32.2. The van der Waals surface area contributed by atoms with E-state index in [1.807, 2.05) is 25.3 Å². The molecule has 0 atom stereocenters. The van der Waals surface area contributed by atoms with E-state index in [2.05, 4.69) is 9.71 Å². The number of nitrogens with zero attached hydrogens (tertiary/aromatic N) is 1. The first-order valence-corrected chi connectivity index (χ1v) is 10.0. The van der Waals surface area contributed by atoms with Crippen LogP contribution in [0.4, 0.5) is 5.69 Å². The zero-order valence-electron chi connectivity index (χ0n) is 12.0. The van der Waals surface area contributed by atoms with E-state index in [0.29, 0.717) is 5.69 Å². The van der Waals surface area contributed by atoms with Crippen LogP contribution < -0.4 is 4.72 Å². The average Bonchev–Trinajstić information content (AvgIpc) is 2.89. The zero-order chi connectivity index (χ0) is 15.7. The molecule has 1 aromatic heterocycles. The molecule has 0 aliphatic heterocycles. The standard InChI is InChI=1S/C15H14N2O2S3/c1-10-3-6-12(7-4-10)22(18,19)17-11-5-8-13-14(9-11)21-15(16-13)20-2/h3-9,17H,1-2H3. The summed E-state index contributed by atoms with van der Waals surface area (Å²) in [5, 5.41) is 0. The average molecular weight is 350 g/mol. The number of anilines is 1. The van der Waals surface area contributed by atoms with Gasteiger partial charge in [-0.05, 0) is 43.5 Å². The van der Waals surface area contributed by atoms with Crippen LogP contribution in [-0.2, 0) is 10.0 Å². The molecule has 0 amide bonds. The minimum atomic E-state index is -3.57. The van der Waals surface area contributed by atoms with Crippen LogP contribution in [-0.4, -0.2) is 19.7 Å². The van der Waals surface area contributed by atoms with Crippen molar-refractivity contribution in [1.82, 2.24) is 4.98 Å². The number of sulfonamides is 1. The Morgan fingerprint density at radius 3 is 2.55 bits per heavy atom. The van der Waals surface area contributed by atoms with Crippen molar-refractivity contribution in [2.45, 2.75) is 16.2 Å². The van der Waals surface area contributed by atoms with E-state index >= 15 is 0 Å². The highest BCUT2D eigenvalue weighted by molar-refractivity contribution is 8.00. The van der Waals surface area contributed by atoms with Gasteiger partial charge in [-0.15, -0.1) is 11.3 Å². The van der Waals surface area contributed by atoms with Crippen LogP contribution >= 0.6 is 23.1 Å². The van der Waals surface area contributed by atoms with E-state index in [0.717, 1.165) is 20.1 Å². The molecule has 0 bridgehead atoms. The first kappa shape index (κ1) is 15.3. The molecule has 0 aliphatic rings. The second kappa shape index (κ2) is 5.91. The fraction of sp³-hybridized carbons (Fsp3) is 0.133. The van der Waals surface area contributed by atoms with Gasteiger partial charge in [0.2, 0.25) is 0 Å². The largest absolute Gasteiger partial charge is 0.280 e. The van der Waals surface area contributed by atoms with E-state index < -0.39 is 10.0 Å². The molecule has 0 aliphatic carbocycles. The lowest BCUT2D eigenvalue weighted by Gasteiger charge is -2.08. The zero-order valence-corrected chi connectivity index (χ0v) is 14.5. The summed E-state index contributed by atoms with van der Waals surface area (Å²) in [5.74, 6) is 0. The van der Waals surface area contributed by atoms with Crippen molar-refractivity contribution in [1.29, 1.82) is 0 Å². The van der Waals surface area contributed by atoms with Gasteiger partial charge >= 0.3 is 0 Å². The van der Waals surface area contributed by atoms with E-state index in [-0.39, 0.29) is 4.90 Å². The third-order valence-electron chi connectivity index (χ3n) is 3.13. The van der Waals surface area contributed by atoms with Gasteiger partial charge in [-0.2, -0.15) is 0 Å². The van der Waals surface area contributed by atoms with Crippen molar-refractivity contribution in [3.05, 3.63) is 48.0 Å². The van der Waals surface area contributed by atoms with Gasteiger partial charge < -0.3 is 0 Å². The van der Waals surface area contributed by atoms with E-state index in [1.54, 1.807) is 53.4 Å². The smallest absolute Gasteiger partial charge is 0.261 e. The monoisotopic (exact) mass is 350 g/mol. The SMILES string of the molecule is CSc1nc2ccc(NS(=O)(=O)c3ccc(C)cc3)cc2s1. The number of fused-ring (bicyclic) bond motifs is 1. The number of thioether (sulfide) groups is 1. The van der Waals surface area contributed by atoms with Crippen LogP contribution in [0.3, 0.4) is 0 Å². The summed E-state index contributed by atoms with van der Waals surface area (Å²) in [5.41, 5.74) is 2.45. The highest BCUT2D eigenvalue weighted by Crippen LogP contribution is 2.30. The number of hydrogen-bond acceptors (Lipinski definition) is 5. The van der Waals surface area contributed by atoms with Crippen molar-refractivity contribution in [2.24, 2.45) is 0 Å². The molecule has 0 saturated carbocycles. The number of benzene rings is 2. The molecule has 4 nitrogen and oxygen atoms in total. The predicted molar refractivity (Wildman–Crippen MR) is 93.4 cm³/mol. The molecule has 1 N–H and O–H groups in total. The Morgan fingerprint density at radius 2 is 1.86 bits per heavy atom. The number of thiazole rings is 1. The van der Waals surface area contributed by atoms with Crippen LogP contribution in [0.1, 0.15) is 5.56 Å². The van der Waals surface area contributed by atoms with Gasteiger partial charge in [0.15, 0.2) is 4.34 Å². The predicted octanol–water partition coefficient (Wildman–Crippen LogP) is 4.13. The molecule has 114 valence electrons. The maximum Gasteiger partial charge on any atom is 0.261 e. The molecule has 3 aromatic rings. The summed E-state index contributed by atoms with van der Waals surface area (Å²) in [6.45, 7) is 1.92. The summed E-state index contributed by atoms with van der Waals surface area (Å²) in [7, 11) is -3.57. The van der Waals surface area contributed by atoms with Gasteiger partial charge in [-0.25, -0.2) is 13.4 Å². The van der Waals surface area contributed by atoms with Crippen molar-refractivity contribution in [3.8, 4) is 0 Å². The fourth-order valence-corrected chi connectivity index (χ4v) is 4.56. The Balaban J connectivity index is 1.92. The van der Waals surface area contributed by atoms with E-state index in [4.69, 9.17) is 0 Å². The molecule has 0 radical (unpaired) electrons. The maximum absolute atomic E-state index is 12.4. The molecule has 3 rings (SSSR count). The van der Waals surface area contributed by atoms with Gasteiger partial charge in [-0.1, -0.05) is 29.5 Å². The highest BCUT2D eigenvalue weighted by Gasteiger charge is 2.14. The third kappa shape index (κ3) is 3.11. The Kier molecular flexibility index (Phi) is 4.12. The molecule has 1 heterocycles. The number of rotatable bonds is 4. The van der Waals surface area contributed by atoms with Crippen molar-refractivity contribution >= 4 is 49.0 Å². The van der Waals surface area contributed by atoms with Gasteiger partial charge in [-0.3, -0.25) is 4.72 Å². The van der Waals surface area contributed by atoms with Crippen LogP contribution in [0.5, 0.6) is 0 Å². The Labute approximate surface area is 137 Å². The summed E-state index contributed by atoms with van der Waals surface area (Å²) >= 11 is 3.13. The van der Waals surface area contributed by atoms with Crippen molar-refractivity contribution in [2.75, 3.05) is 11.0 Å². The maximum atomic E-state index is 12.4. The van der Waals surface area contributed by atoms with Gasteiger partial charge in [0.05, 0.1) is 20.8 Å². The first-order valence-electron chi connectivity index (χ1n) is 6.52. The number of hydrogen-bond donors (Lipinski definition) is 1. The molecular formula is C15H14N2O2S3. The van der Waals surface area contributed by atoms with Crippen LogP contribution in [0, 0.1) is 6.92 Å². The van der Waals surface area contributed by atoms with Gasteiger partial charge in [0, 0.05) is 0 Å². The molecule has 0 unspecified atom stereocenters. The van der Waals surface area contributed by atoms with Crippen molar-refractivity contribution in [3.63, 3.8) is 0 Å². The molecule has 7 heteroatoms. The normalized spacial score (nSPS) is 11.7. The molecule has 0 saturated heterocycles. The Hall–Kier alpha value is -1.57. The van der Waals surface area contributed by atoms with Crippen LogP contribution in [0.25, 0.3) is 10.2 Å². The Morgan fingerprint density at radius 1 is 1.14 bits per heavy atom. The lowest BCUT2D eigenvalue weighted by Crippen LogP contribution is -2.12. The quantitative estimate of drug-likeness (QED) is 0.719. The first-order chi connectivity index (χ1) is 10.5. The van der Waals surface area contributed by atoms with E-state index in [9.17, 15) is 8.42 Å². The topological polar surface area (TPSA) is 59.1 Å². The number of aryl methyl sites for hydroxylation is 1. The van der Waals surface area contributed by atoms with Crippen molar-refractivity contribution < 1.29 is 8.42 Å². The summed E-state index contributed by atoms with van der Waals surface area (Å²) in [6.07, 6.45) is 1.97. The second-order valence-corrected chi connectivity index (χ2v) is 8.55. The Bertz CT molecular complexity index is 916. The minimum Gasteiger partial charge on any atom is -0.280 e. The van der Waals surface area contributed by atoms with E-state index in [1.165, 1.54) is 0 Å². The van der Waals surface area contributed by atoms with Crippen LogP contribution in [0.15, 0.2) is 51.7 Å². The lowest BCUT2D eigenvalue weighted by molar-refractivity contribution is 0.601. The summed E-state index contributed by atoms with van der Waals surface area (Å²) in [4.78, 5) is 4.70. The molecule has 2 aromatic carbocycles. The summed E-state index contributed by atoms with van der Waals surface area (Å²) < 4.78 is 29.3. The molecule has 0 spiro atoms. The second-order valence-electron chi connectivity index (χ2n) is 4.78. The minimum absolute atomic E-state index is 0.257. The van der Waals surface area contributed by atoms with Gasteiger partial charge in [0.1, 0.15) is 0 Å². The number of aromatic nitrogens is 1. The van der Waals surface area contributed by atoms with Crippen LogP contribution in [0.2, 0.25) is 0 Å². The molecule has 22 heavy (non-hydrogen) atoms. The third-order valence-corrected chi connectivity index (χ3v) is 6.53. The summed E-state index contributed by atoms with van der Waals surface area (Å²) in [6, 6.07) is 12.2. The number of nitrogens with one attached hydrogen (secondary N) is 1.